The van der Waals surface area contributed by atoms with E-state index in [1.165, 1.54) is 12.8 Å². The Balaban J connectivity index is 0.00000162. The molecule has 2 rings (SSSR count). The van der Waals surface area contributed by atoms with E-state index in [9.17, 15) is 0 Å². The molecule has 0 unspecified atom stereocenters. The molecule has 0 saturated heterocycles. The first-order valence-corrected chi connectivity index (χ1v) is 8.87. The minimum atomic E-state index is -0.491. The molecule has 0 amide bonds. The molecule has 0 spiro atoms. The van der Waals surface area contributed by atoms with E-state index in [0.717, 1.165) is 0 Å². The van der Waals surface area contributed by atoms with Gasteiger partial charge in [-0.05, 0) is 0 Å². The van der Waals surface area contributed by atoms with Crippen LogP contribution in [0.2, 0.25) is 0 Å². The summed E-state index contributed by atoms with van der Waals surface area (Å²) in [5.74, 6) is 0. The second-order valence-electron chi connectivity index (χ2n) is 5.50. The van der Waals surface area contributed by atoms with Crippen LogP contribution in [0.25, 0.3) is 0 Å². The molecule has 0 aromatic rings. The Morgan fingerprint density at radius 1 is 0.611 bits per heavy atom. The van der Waals surface area contributed by atoms with Crippen LogP contribution in [0, 0.1) is 0 Å². The van der Waals surface area contributed by atoms with Gasteiger partial charge in [-0.15, -0.1) is 12.4 Å². The van der Waals surface area contributed by atoms with E-state index in [1.54, 1.807) is 33.4 Å². The summed E-state index contributed by atoms with van der Waals surface area (Å²) >= 11 is -0.491. The smallest absolute Gasteiger partial charge is 0.147 e. The van der Waals surface area contributed by atoms with Crippen molar-refractivity contribution in [2.45, 2.75) is 54.4 Å². The van der Waals surface area contributed by atoms with Crippen LogP contribution in [-0.4, -0.2) is 0 Å². The van der Waals surface area contributed by atoms with Gasteiger partial charge in [0.15, 0.2) is 0 Å². The second-order valence-corrected chi connectivity index (χ2v) is 9.08. The Morgan fingerprint density at radius 3 is 1.17 bits per heavy atom. The largest absolute Gasteiger partial charge is 0.147 e. The first-order chi connectivity index (χ1) is 7.91. The van der Waals surface area contributed by atoms with Crippen molar-refractivity contribution in [1.82, 2.24) is 0 Å². The van der Waals surface area contributed by atoms with Crippen molar-refractivity contribution in [2.24, 2.45) is 0 Å². The third kappa shape index (κ3) is 2.83. The number of hydrogen-bond donors (Lipinski definition) is 0. The first kappa shape index (κ1) is 16.2. The van der Waals surface area contributed by atoms with Crippen molar-refractivity contribution in [3.05, 3.63) is 40.0 Å². The molecule has 0 aromatic heterocycles. The monoisotopic (exact) mass is 340 g/mol. The molecule has 0 aliphatic heterocycles. The zero-order valence-electron chi connectivity index (χ0n) is 12.3. The molecule has 0 bridgehead atoms. The maximum atomic E-state index is 2.33. The van der Waals surface area contributed by atoms with Gasteiger partial charge in [-0.1, -0.05) is 0 Å². The molecule has 0 N–H and O–H groups in total. The van der Waals surface area contributed by atoms with Gasteiger partial charge in [-0.3, -0.25) is 0 Å². The van der Waals surface area contributed by atoms with Crippen LogP contribution < -0.4 is 0 Å². The fourth-order valence-electron chi connectivity index (χ4n) is 2.61. The van der Waals surface area contributed by atoms with Crippen LogP contribution in [-0.2, 0) is 23.2 Å². The fraction of sp³-hybridized carbons (Fsp3) is 0.500. The van der Waals surface area contributed by atoms with Crippen molar-refractivity contribution in [1.29, 1.82) is 0 Å². The molecule has 0 fully saturated rings. The van der Waals surface area contributed by atoms with Gasteiger partial charge in [0.05, 0.1) is 0 Å². The first-order valence-electron chi connectivity index (χ1n) is 6.41. The van der Waals surface area contributed by atoms with E-state index in [1.807, 2.05) is 6.56 Å². The Bertz CT molecular complexity index is 455. The van der Waals surface area contributed by atoms with Gasteiger partial charge in [0.1, 0.15) is 0 Å². The van der Waals surface area contributed by atoms with Gasteiger partial charge < -0.3 is 0 Å². The maximum Gasteiger partial charge on any atom is -0.147 e. The number of halogens is 1. The normalized spacial score (nSPS) is 20.1. The summed E-state index contributed by atoms with van der Waals surface area (Å²) in [4.78, 5) is 0. The maximum absolute atomic E-state index is 2.33. The summed E-state index contributed by atoms with van der Waals surface area (Å²) in [6, 6.07) is 0. The molecule has 0 nitrogen and oxygen atoms in total. The molecule has 0 heterocycles. The summed E-state index contributed by atoms with van der Waals surface area (Å²) in [5.41, 5.74) is 9.59. The second kappa shape index (κ2) is 6.06. The van der Waals surface area contributed by atoms with Gasteiger partial charge in [0.25, 0.3) is 0 Å². The van der Waals surface area contributed by atoms with E-state index < -0.39 is 23.2 Å². The molecular weight excluding hydrogens is 319 g/mol. The minimum absolute atomic E-state index is 0. The molecule has 0 atom stereocenters. The Morgan fingerprint density at radius 2 is 0.944 bits per heavy atom. The minimum Gasteiger partial charge on any atom is -0.147 e. The van der Waals surface area contributed by atoms with Crippen molar-refractivity contribution in [3.63, 3.8) is 0 Å². The third-order valence-corrected chi connectivity index (χ3v) is 8.69. The van der Waals surface area contributed by atoms with Gasteiger partial charge >= 0.3 is 118 Å². The van der Waals surface area contributed by atoms with Crippen LogP contribution >= 0.6 is 12.4 Å². The predicted molar refractivity (Wildman–Crippen MR) is 78.6 cm³/mol. The third-order valence-electron chi connectivity index (χ3n) is 4.50. The standard InChI is InChI=1S/2C8H11.ClH.Zr/c2*1-6-4-5-7(2)8(6)3;;/h2*4H2,1-3H3;1H;. The quantitative estimate of drug-likeness (QED) is 0.620. The summed E-state index contributed by atoms with van der Waals surface area (Å²) < 4.78 is 3.64. The summed E-state index contributed by atoms with van der Waals surface area (Å²) in [7, 11) is 0. The number of hydrogen-bond acceptors (Lipinski definition) is 0. The molecule has 2 aliphatic rings. The Labute approximate surface area is 129 Å². The van der Waals surface area contributed by atoms with Crippen molar-refractivity contribution in [2.75, 3.05) is 0 Å². The summed E-state index contributed by atoms with van der Waals surface area (Å²) in [6.45, 7) is 13.9. The van der Waals surface area contributed by atoms with Crippen molar-refractivity contribution >= 4 is 12.4 Å². The average Bonchev–Trinajstić information content (AvgIpc) is 2.66. The molecule has 0 saturated carbocycles. The fourth-order valence-corrected chi connectivity index (χ4v) is 7.09. The van der Waals surface area contributed by atoms with E-state index in [-0.39, 0.29) is 12.4 Å². The molecule has 2 heteroatoms. The van der Waals surface area contributed by atoms with Crippen LogP contribution in [0.4, 0.5) is 0 Å². The van der Waals surface area contributed by atoms with Crippen molar-refractivity contribution in [3.8, 4) is 0 Å². The average molecular weight is 342 g/mol. The van der Waals surface area contributed by atoms with Gasteiger partial charge in [-0.25, -0.2) is 0 Å². The molecular formula is C16H23ClZr. The molecule has 0 aromatic carbocycles. The Kier molecular flexibility index (Phi) is 5.45. The van der Waals surface area contributed by atoms with E-state index in [2.05, 4.69) is 41.5 Å². The van der Waals surface area contributed by atoms with Gasteiger partial charge in [-0.2, -0.15) is 0 Å². The van der Waals surface area contributed by atoms with Crippen molar-refractivity contribution < 1.29 is 23.2 Å². The van der Waals surface area contributed by atoms with E-state index >= 15 is 0 Å². The molecule has 18 heavy (non-hydrogen) atoms. The molecule has 0 radical (unpaired) electrons. The SMILES string of the molecule is CC1=C(C)C(C)=[C]([Zr][C]2=C(C)C(C)=C(C)C2)C1.Cl. The van der Waals surface area contributed by atoms with Crippen LogP contribution in [0.5, 0.6) is 0 Å². The van der Waals surface area contributed by atoms with Crippen LogP contribution in [0.1, 0.15) is 54.4 Å². The van der Waals surface area contributed by atoms with Gasteiger partial charge in [0, 0.05) is 0 Å². The summed E-state index contributed by atoms with van der Waals surface area (Å²) in [6.07, 6.45) is 2.55. The molecule has 98 valence electrons. The van der Waals surface area contributed by atoms with Crippen LogP contribution in [0.3, 0.4) is 0 Å². The Hall–Kier alpha value is 0.133. The van der Waals surface area contributed by atoms with Crippen LogP contribution in [0.15, 0.2) is 40.0 Å². The number of allylic oxidation sites excluding steroid dienone is 8. The molecule has 2 aliphatic carbocycles. The van der Waals surface area contributed by atoms with E-state index in [0.29, 0.717) is 0 Å². The summed E-state index contributed by atoms with van der Waals surface area (Å²) in [5, 5.41) is 0. The predicted octanol–water partition coefficient (Wildman–Crippen LogP) is 5.52. The van der Waals surface area contributed by atoms with Gasteiger partial charge in [0.2, 0.25) is 0 Å². The zero-order valence-corrected chi connectivity index (χ0v) is 15.6. The van der Waals surface area contributed by atoms with E-state index in [4.69, 9.17) is 0 Å². The topological polar surface area (TPSA) is 0 Å². The zero-order chi connectivity index (χ0) is 12.7. The number of rotatable bonds is 2.